The minimum atomic E-state index is -0.722. The maximum atomic E-state index is 10.6. The molecule has 2 aromatic rings. The molecule has 0 aliphatic rings. The topological polar surface area (TPSA) is 95.2 Å². The average Bonchev–Trinajstić information content (AvgIpc) is 2.61. The molecular formula is C19H23N3O4. The summed E-state index contributed by atoms with van der Waals surface area (Å²) >= 11 is 0. The van der Waals surface area contributed by atoms with Gasteiger partial charge in [-0.25, -0.2) is 10.2 Å². The molecule has 0 spiro atoms. The Hall–Kier alpha value is -3.22. The summed E-state index contributed by atoms with van der Waals surface area (Å²) in [4.78, 5) is 10.6. The SMILES string of the molecule is CCOc1cc(C=NNC(N)=O)ccc1OCCOc1ccc(C)cc1. The number of carbonyl (C=O) groups excluding carboxylic acids is 1. The van der Waals surface area contributed by atoms with Crippen LogP contribution in [0.4, 0.5) is 4.79 Å². The summed E-state index contributed by atoms with van der Waals surface area (Å²) in [5.74, 6) is 2.00. The van der Waals surface area contributed by atoms with E-state index in [0.29, 0.717) is 31.3 Å². The molecule has 138 valence electrons. The van der Waals surface area contributed by atoms with Gasteiger partial charge in [-0.1, -0.05) is 17.7 Å². The van der Waals surface area contributed by atoms with E-state index >= 15 is 0 Å². The van der Waals surface area contributed by atoms with Crippen LogP contribution in [-0.4, -0.2) is 32.1 Å². The van der Waals surface area contributed by atoms with Crippen molar-refractivity contribution in [1.82, 2.24) is 5.43 Å². The molecule has 2 aromatic carbocycles. The van der Waals surface area contributed by atoms with E-state index < -0.39 is 6.03 Å². The number of benzene rings is 2. The van der Waals surface area contributed by atoms with Gasteiger partial charge in [0.25, 0.3) is 0 Å². The van der Waals surface area contributed by atoms with E-state index in [1.165, 1.54) is 11.8 Å². The Labute approximate surface area is 152 Å². The summed E-state index contributed by atoms with van der Waals surface area (Å²) in [5.41, 5.74) is 9.02. The number of urea groups is 1. The van der Waals surface area contributed by atoms with Gasteiger partial charge in [0.1, 0.15) is 19.0 Å². The van der Waals surface area contributed by atoms with Crippen LogP contribution < -0.4 is 25.4 Å². The van der Waals surface area contributed by atoms with Gasteiger partial charge in [0.2, 0.25) is 0 Å². The molecule has 2 amide bonds. The van der Waals surface area contributed by atoms with Crippen LogP contribution in [0.2, 0.25) is 0 Å². The van der Waals surface area contributed by atoms with E-state index in [-0.39, 0.29) is 0 Å². The zero-order valence-electron chi connectivity index (χ0n) is 14.9. The highest BCUT2D eigenvalue weighted by Gasteiger charge is 2.06. The Kier molecular flexibility index (Phi) is 7.30. The number of nitrogens with two attached hydrogens (primary N) is 1. The van der Waals surface area contributed by atoms with Gasteiger partial charge >= 0.3 is 6.03 Å². The van der Waals surface area contributed by atoms with Crippen LogP contribution in [0, 0.1) is 6.92 Å². The maximum Gasteiger partial charge on any atom is 0.332 e. The van der Waals surface area contributed by atoms with Crippen molar-refractivity contribution >= 4 is 12.2 Å². The Morgan fingerprint density at radius 2 is 1.81 bits per heavy atom. The van der Waals surface area contributed by atoms with Crippen molar-refractivity contribution in [2.24, 2.45) is 10.8 Å². The molecule has 7 heteroatoms. The fraction of sp³-hybridized carbons (Fsp3) is 0.263. The monoisotopic (exact) mass is 357 g/mol. The molecule has 0 unspecified atom stereocenters. The van der Waals surface area contributed by atoms with Crippen LogP contribution in [0.1, 0.15) is 18.1 Å². The van der Waals surface area contributed by atoms with Crippen LogP contribution in [0.3, 0.4) is 0 Å². The minimum absolute atomic E-state index is 0.380. The first-order valence-electron chi connectivity index (χ1n) is 8.26. The number of hydrogen-bond acceptors (Lipinski definition) is 5. The molecule has 2 rings (SSSR count). The molecule has 3 N–H and O–H groups in total. The lowest BCUT2D eigenvalue weighted by Gasteiger charge is -2.13. The summed E-state index contributed by atoms with van der Waals surface area (Å²) < 4.78 is 17.0. The normalized spacial score (nSPS) is 10.5. The van der Waals surface area contributed by atoms with Crippen LogP contribution in [0.5, 0.6) is 17.2 Å². The number of hydrogen-bond donors (Lipinski definition) is 2. The zero-order chi connectivity index (χ0) is 18.8. The van der Waals surface area contributed by atoms with Gasteiger partial charge in [-0.2, -0.15) is 5.10 Å². The molecule has 0 saturated heterocycles. The lowest BCUT2D eigenvalue weighted by Crippen LogP contribution is -2.24. The first kappa shape index (κ1) is 19.1. The third-order valence-electron chi connectivity index (χ3n) is 3.29. The van der Waals surface area contributed by atoms with Gasteiger partial charge in [0.05, 0.1) is 12.8 Å². The largest absolute Gasteiger partial charge is 0.490 e. The van der Waals surface area contributed by atoms with E-state index in [2.05, 4.69) is 10.5 Å². The van der Waals surface area contributed by atoms with Crippen molar-refractivity contribution in [2.75, 3.05) is 19.8 Å². The van der Waals surface area contributed by atoms with E-state index in [9.17, 15) is 4.79 Å². The average molecular weight is 357 g/mol. The van der Waals surface area contributed by atoms with Gasteiger partial charge in [-0.3, -0.25) is 0 Å². The number of rotatable bonds is 9. The second-order valence-corrected chi connectivity index (χ2v) is 5.38. The quantitative estimate of drug-likeness (QED) is 0.410. The fourth-order valence-electron chi connectivity index (χ4n) is 2.11. The lowest BCUT2D eigenvalue weighted by molar-refractivity contribution is 0.208. The summed E-state index contributed by atoms with van der Waals surface area (Å²) in [6, 6.07) is 12.5. The number of nitrogens with one attached hydrogen (secondary N) is 1. The Morgan fingerprint density at radius 3 is 2.50 bits per heavy atom. The van der Waals surface area contributed by atoms with Crippen LogP contribution in [0.25, 0.3) is 0 Å². The van der Waals surface area contributed by atoms with Crippen LogP contribution >= 0.6 is 0 Å². The molecular weight excluding hydrogens is 334 g/mol. The molecule has 0 aromatic heterocycles. The predicted molar refractivity (Wildman–Crippen MR) is 100 cm³/mol. The van der Waals surface area contributed by atoms with Gasteiger partial charge in [-0.05, 0) is 49.7 Å². The van der Waals surface area contributed by atoms with Crippen molar-refractivity contribution in [1.29, 1.82) is 0 Å². The van der Waals surface area contributed by atoms with Crippen molar-refractivity contribution < 1.29 is 19.0 Å². The minimum Gasteiger partial charge on any atom is -0.490 e. The molecule has 0 saturated carbocycles. The summed E-state index contributed by atoms with van der Waals surface area (Å²) in [5, 5.41) is 3.72. The number of amides is 2. The zero-order valence-corrected chi connectivity index (χ0v) is 14.9. The molecule has 0 aliphatic heterocycles. The van der Waals surface area contributed by atoms with Gasteiger partial charge < -0.3 is 19.9 Å². The third kappa shape index (κ3) is 6.35. The van der Waals surface area contributed by atoms with E-state index in [4.69, 9.17) is 19.9 Å². The van der Waals surface area contributed by atoms with Crippen molar-refractivity contribution in [3.05, 3.63) is 53.6 Å². The first-order chi connectivity index (χ1) is 12.6. The highest BCUT2D eigenvalue weighted by Crippen LogP contribution is 2.28. The lowest BCUT2D eigenvalue weighted by atomic mass is 10.2. The highest BCUT2D eigenvalue weighted by molar-refractivity contribution is 5.82. The molecule has 0 bridgehead atoms. The van der Waals surface area contributed by atoms with Crippen molar-refractivity contribution in [2.45, 2.75) is 13.8 Å². The smallest absolute Gasteiger partial charge is 0.332 e. The Morgan fingerprint density at radius 1 is 1.08 bits per heavy atom. The third-order valence-corrected chi connectivity index (χ3v) is 3.29. The number of carbonyl (C=O) groups is 1. The molecule has 26 heavy (non-hydrogen) atoms. The van der Waals surface area contributed by atoms with E-state index in [0.717, 1.165) is 11.3 Å². The van der Waals surface area contributed by atoms with Gasteiger partial charge in [0, 0.05) is 0 Å². The molecule has 0 radical (unpaired) electrons. The van der Waals surface area contributed by atoms with Gasteiger partial charge in [-0.15, -0.1) is 0 Å². The summed E-state index contributed by atoms with van der Waals surface area (Å²) in [6.45, 7) is 5.21. The second-order valence-electron chi connectivity index (χ2n) is 5.38. The fourth-order valence-corrected chi connectivity index (χ4v) is 2.11. The standard InChI is InChI=1S/C19H23N3O4/c1-3-24-18-12-15(13-21-22-19(20)23)6-9-17(18)26-11-10-25-16-7-4-14(2)5-8-16/h4-9,12-13H,3,10-11H2,1-2H3,(H3,20,22,23). The number of nitrogens with zero attached hydrogens (tertiary/aromatic N) is 1. The Balaban J connectivity index is 1.91. The number of ether oxygens (including phenoxy) is 3. The molecule has 7 nitrogen and oxygen atoms in total. The molecule has 0 fully saturated rings. The van der Waals surface area contributed by atoms with Crippen molar-refractivity contribution in [3.63, 3.8) is 0 Å². The van der Waals surface area contributed by atoms with E-state index in [1.54, 1.807) is 18.2 Å². The Bertz CT molecular complexity index is 745. The van der Waals surface area contributed by atoms with Crippen molar-refractivity contribution in [3.8, 4) is 17.2 Å². The predicted octanol–water partition coefficient (Wildman–Crippen LogP) is 2.85. The molecule has 0 atom stereocenters. The van der Waals surface area contributed by atoms with Crippen LogP contribution in [0.15, 0.2) is 47.6 Å². The summed E-state index contributed by atoms with van der Waals surface area (Å²) in [6.07, 6.45) is 1.47. The van der Waals surface area contributed by atoms with Crippen LogP contribution in [-0.2, 0) is 0 Å². The van der Waals surface area contributed by atoms with E-state index in [1.807, 2.05) is 38.1 Å². The number of aryl methyl sites for hydroxylation is 1. The number of hydrazone groups is 1. The highest BCUT2D eigenvalue weighted by atomic mass is 16.5. The first-order valence-corrected chi connectivity index (χ1v) is 8.26. The molecule has 0 aliphatic carbocycles. The summed E-state index contributed by atoms with van der Waals surface area (Å²) in [7, 11) is 0. The van der Waals surface area contributed by atoms with Gasteiger partial charge in [0.15, 0.2) is 11.5 Å². The second kappa shape index (κ2) is 9.93. The molecule has 0 heterocycles. The maximum absolute atomic E-state index is 10.6. The number of primary amides is 1.